The molecule has 0 spiro atoms. The molecule has 1 heterocycles. The second kappa shape index (κ2) is 10.2. The van der Waals surface area contributed by atoms with Crippen LogP contribution >= 0.6 is 11.8 Å². The highest BCUT2D eigenvalue weighted by atomic mass is 32.2. The van der Waals surface area contributed by atoms with Gasteiger partial charge in [0, 0.05) is 23.4 Å². The molecule has 0 fully saturated rings. The van der Waals surface area contributed by atoms with Crippen LogP contribution in [-0.2, 0) is 24.2 Å². The van der Waals surface area contributed by atoms with Crippen molar-refractivity contribution in [3.8, 4) is 0 Å². The van der Waals surface area contributed by atoms with Crippen LogP contribution in [0.3, 0.4) is 0 Å². The molecule has 6 nitrogen and oxygen atoms in total. The summed E-state index contributed by atoms with van der Waals surface area (Å²) in [6.45, 7) is 4.71. The molecular weight excluding hydrogens is 412 g/mol. The zero-order valence-corrected chi connectivity index (χ0v) is 19.0. The van der Waals surface area contributed by atoms with Crippen LogP contribution in [0.5, 0.6) is 0 Å². The van der Waals surface area contributed by atoms with Gasteiger partial charge < -0.3 is 10.2 Å². The van der Waals surface area contributed by atoms with Crippen molar-refractivity contribution in [2.45, 2.75) is 75.0 Å². The summed E-state index contributed by atoms with van der Waals surface area (Å²) in [4.78, 5) is 24.7. The van der Waals surface area contributed by atoms with Crippen molar-refractivity contribution in [2.24, 2.45) is 0 Å². The second-order valence-corrected chi connectivity index (χ2v) is 9.46. The molecule has 0 atom stereocenters. The van der Waals surface area contributed by atoms with E-state index in [1.54, 1.807) is 4.68 Å². The van der Waals surface area contributed by atoms with Gasteiger partial charge in [0.2, 0.25) is 0 Å². The molecule has 0 saturated heterocycles. The highest BCUT2D eigenvalue weighted by Gasteiger charge is 2.40. The molecule has 3 rings (SSSR count). The first kappa shape index (κ1) is 23.1. The number of aromatic nitrogens is 2. The van der Waals surface area contributed by atoms with Crippen molar-refractivity contribution in [3.63, 3.8) is 0 Å². The minimum absolute atomic E-state index is 0.285. The van der Waals surface area contributed by atoms with E-state index in [-0.39, 0.29) is 5.69 Å². The average molecular weight is 443 g/mol. The van der Waals surface area contributed by atoms with Gasteiger partial charge in [-0.2, -0.15) is 5.10 Å². The number of nitrogens with zero attached hydrogens (tertiary/aromatic N) is 2. The third-order valence-corrected chi connectivity index (χ3v) is 7.01. The molecule has 0 amide bonds. The SMILES string of the molecule is CCCCc1nn(CCC)c(C(=O)O)c1Cc1ccc(SC2(C(=O)O)CC=CC2)cc1. The zero-order valence-electron chi connectivity index (χ0n) is 18.1. The Hall–Kier alpha value is -2.54. The Morgan fingerprint density at radius 1 is 1.10 bits per heavy atom. The molecule has 7 heteroatoms. The Bertz CT molecular complexity index is 955. The number of carboxylic acids is 2. The first-order valence-corrected chi connectivity index (χ1v) is 11.7. The molecule has 0 radical (unpaired) electrons. The molecule has 0 aliphatic heterocycles. The fourth-order valence-corrected chi connectivity index (χ4v) is 5.10. The van der Waals surface area contributed by atoms with Gasteiger partial charge in [-0.05, 0) is 49.8 Å². The number of hydrogen-bond donors (Lipinski definition) is 2. The number of rotatable bonds is 11. The number of aryl methyl sites for hydroxylation is 2. The van der Waals surface area contributed by atoms with Crippen molar-refractivity contribution < 1.29 is 19.8 Å². The van der Waals surface area contributed by atoms with Gasteiger partial charge in [-0.1, -0.05) is 44.6 Å². The lowest BCUT2D eigenvalue weighted by Crippen LogP contribution is -2.31. The number of aromatic carboxylic acids is 1. The fourth-order valence-electron chi connectivity index (χ4n) is 3.93. The fraction of sp³-hybridized carbons (Fsp3) is 0.458. The minimum atomic E-state index is -0.942. The molecule has 1 aromatic heterocycles. The summed E-state index contributed by atoms with van der Waals surface area (Å²) in [5, 5.41) is 24.2. The predicted molar refractivity (Wildman–Crippen MR) is 122 cm³/mol. The molecule has 2 aromatic rings. The van der Waals surface area contributed by atoms with E-state index in [2.05, 4.69) is 12.0 Å². The average Bonchev–Trinajstić information content (AvgIpc) is 3.34. The Morgan fingerprint density at radius 2 is 1.77 bits per heavy atom. The van der Waals surface area contributed by atoms with Gasteiger partial charge in [0.15, 0.2) is 0 Å². The zero-order chi connectivity index (χ0) is 22.4. The summed E-state index contributed by atoms with van der Waals surface area (Å²) in [7, 11) is 0. The number of aliphatic carboxylic acids is 1. The summed E-state index contributed by atoms with van der Waals surface area (Å²) >= 11 is 1.38. The monoisotopic (exact) mass is 442 g/mol. The standard InChI is InChI=1S/C24H30N2O4S/c1-3-5-8-20-19(21(22(27)28)26(25-20)15-4-2)16-17-9-11-18(12-10-17)31-24(23(29)30)13-6-7-14-24/h6-7,9-12H,3-5,8,13-16H2,1-2H3,(H,27,28)(H,29,30). The van der Waals surface area contributed by atoms with Crippen LogP contribution in [0, 0.1) is 0 Å². The predicted octanol–water partition coefficient (Wildman–Crippen LogP) is 5.19. The summed E-state index contributed by atoms with van der Waals surface area (Å²) in [5.41, 5.74) is 2.94. The molecule has 0 bridgehead atoms. The molecule has 0 saturated carbocycles. The van der Waals surface area contributed by atoms with Crippen molar-refractivity contribution in [2.75, 3.05) is 0 Å². The molecule has 0 unspecified atom stereocenters. The third-order valence-electron chi connectivity index (χ3n) is 5.61. The lowest BCUT2D eigenvalue weighted by molar-refractivity contribution is -0.139. The molecule has 166 valence electrons. The number of hydrogen-bond acceptors (Lipinski definition) is 4. The molecular formula is C24H30N2O4S. The largest absolute Gasteiger partial charge is 0.480 e. The Balaban J connectivity index is 1.84. The highest BCUT2D eigenvalue weighted by molar-refractivity contribution is 8.01. The van der Waals surface area contributed by atoms with E-state index in [1.165, 1.54) is 11.8 Å². The minimum Gasteiger partial charge on any atom is -0.480 e. The first-order chi connectivity index (χ1) is 14.9. The number of allylic oxidation sites excluding steroid dienone is 2. The van der Waals surface area contributed by atoms with Crippen LogP contribution in [-0.4, -0.2) is 36.7 Å². The molecule has 1 aliphatic carbocycles. The van der Waals surface area contributed by atoms with Gasteiger partial charge in [0.1, 0.15) is 10.4 Å². The van der Waals surface area contributed by atoms with Crippen LogP contribution < -0.4 is 0 Å². The van der Waals surface area contributed by atoms with Crippen LogP contribution in [0.15, 0.2) is 41.3 Å². The first-order valence-electron chi connectivity index (χ1n) is 10.9. The van der Waals surface area contributed by atoms with E-state index in [1.807, 2.05) is 43.3 Å². The summed E-state index contributed by atoms with van der Waals surface area (Å²) < 4.78 is 0.809. The van der Waals surface area contributed by atoms with Gasteiger partial charge in [0.05, 0.1) is 5.69 Å². The molecule has 31 heavy (non-hydrogen) atoms. The number of benzene rings is 1. The van der Waals surface area contributed by atoms with E-state index in [4.69, 9.17) is 0 Å². The maximum Gasteiger partial charge on any atom is 0.354 e. The lowest BCUT2D eigenvalue weighted by Gasteiger charge is -2.23. The Kier molecular flexibility index (Phi) is 7.59. The highest BCUT2D eigenvalue weighted by Crippen LogP contribution is 2.42. The second-order valence-electron chi connectivity index (χ2n) is 8.01. The maximum atomic E-state index is 12.0. The summed E-state index contributed by atoms with van der Waals surface area (Å²) in [6, 6.07) is 7.80. The number of carboxylic acid groups (broad SMARTS) is 2. The van der Waals surface area contributed by atoms with Gasteiger partial charge in [-0.3, -0.25) is 9.48 Å². The van der Waals surface area contributed by atoms with Gasteiger partial charge >= 0.3 is 11.9 Å². The third kappa shape index (κ3) is 5.21. The number of thioether (sulfide) groups is 1. The van der Waals surface area contributed by atoms with Crippen LogP contribution in [0.1, 0.15) is 73.3 Å². The molecule has 2 N–H and O–H groups in total. The number of unbranched alkanes of at least 4 members (excludes halogenated alkanes) is 1. The van der Waals surface area contributed by atoms with Crippen molar-refractivity contribution in [3.05, 3.63) is 58.9 Å². The summed E-state index contributed by atoms with van der Waals surface area (Å²) in [6.07, 6.45) is 8.98. The lowest BCUT2D eigenvalue weighted by atomic mass is 10.00. The normalized spacial score (nSPS) is 14.8. The summed E-state index contributed by atoms with van der Waals surface area (Å²) in [5.74, 6) is -1.73. The molecule has 1 aliphatic rings. The molecule has 1 aromatic carbocycles. The van der Waals surface area contributed by atoms with Crippen molar-refractivity contribution >= 4 is 23.7 Å². The van der Waals surface area contributed by atoms with Crippen LogP contribution in [0.4, 0.5) is 0 Å². The van der Waals surface area contributed by atoms with Gasteiger partial charge in [0.25, 0.3) is 0 Å². The van der Waals surface area contributed by atoms with E-state index < -0.39 is 16.7 Å². The van der Waals surface area contributed by atoms with E-state index in [9.17, 15) is 19.8 Å². The van der Waals surface area contributed by atoms with Gasteiger partial charge in [-0.25, -0.2) is 4.79 Å². The quantitative estimate of drug-likeness (QED) is 0.465. The van der Waals surface area contributed by atoms with Gasteiger partial charge in [-0.15, -0.1) is 11.8 Å². The smallest absolute Gasteiger partial charge is 0.354 e. The maximum absolute atomic E-state index is 12.0. The van der Waals surface area contributed by atoms with E-state index in [0.717, 1.165) is 47.4 Å². The van der Waals surface area contributed by atoms with Crippen molar-refractivity contribution in [1.82, 2.24) is 9.78 Å². The van der Waals surface area contributed by atoms with E-state index >= 15 is 0 Å². The van der Waals surface area contributed by atoms with Crippen molar-refractivity contribution in [1.29, 1.82) is 0 Å². The van der Waals surface area contributed by atoms with Crippen LogP contribution in [0.25, 0.3) is 0 Å². The Labute approximate surface area is 187 Å². The van der Waals surface area contributed by atoms with Crippen LogP contribution in [0.2, 0.25) is 0 Å². The Morgan fingerprint density at radius 3 is 2.32 bits per heavy atom. The topological polar surface area (TPSA) is 92.4 Å². The number of carbonyl (C=O) groups is 2. The van der Waals surface area contributed by atoms with E-state index in [0.29, 0.717) is 25.8 Å².